The van der Waals surface area contributed by atoms with E-state index in [0.717, 1.165) is 58.0 Å². The number of allylic oxidation sites excluding steroid dienone is 1. The number of halogens is 2. The van der Waals surface area contributed by atoms with Crippen LogP contribution in [0.1, 0.15) is 48.4 Å². The third-order valence-corrected chi connectivity index (χ3v) is 7.27. The van der Waals surface area contributed by atoms with Gasteiger partial charge in [0.1, 0.15) is 5.82 Å². The van der Waals surface area contributed by atoms with Crippen molar-refractivity contribution < 1.29 is 23.1 Å². The van der Waals surface area contributed by atoms with Gasteiger partial charge in [0.15, 0.2) is 11.3 Å². The molecule has 1 aliphatic carbocycles. The minimum absolute atomic E-state index is 0.270. The molecule has 0 bridgehead atoms. The van der Waals surface area contributed by atoms with E-state index in [9.17, 15) is 9.18 Å². The maximum Gasteiger partial charge on any atom is 0.330 e. The lowest BCUT2D eigenvalue weighted by molar-refractivity contribution is -0.137. The molecule has 0 aliphatic heterocycles. The van der Waals surface area contributed by atoms with Gasteiger partial charge in [-0.1, -0.05) is 60.5 Å². The van der Waals surface area contributed by atoms with Crippen molar-refractivity contribution in [3.05, 3.63) is 106 Å². The number of esters is 1. The quantitative estimate of drug-likeness (QED) is 0.130. The molecule has 3 aromatic carbocycles. The molecule has 194 valence electrons. The molecule has 0 N–H and O–H groups in total. The van der Waals surface area contributed by atoms with Gasteiger partial charge in [-0.25, -0.2) is 9.18 Å². The molecule has 0 atom stereocenters. The normalized spacial score (nSPS) is 14.4. The second kappa shape index (κ2) is 11.3. The van der Waals surface area contributed by atoms with Gasteiger partial charge in [-0.2, -0.15) is 0 Å². The van der Waals surface area contributed by atoms with Crippen LogP contribution < -0.4 is 4.74 Å². The first kappa shape index (κ1) is 25.8. The molecule has 5 rings (SSSR count). The van der Waals surface area contributed by atoms with E-state index in [4.69, 9.17) is 25.5 Å². The summed E-state index contributed by atoms with van der Waals surface area (Å²) in [6.07, 6.45) is 8.07. The van der Waals surface area contributed by atoms with E-state index in [1.54, 1.807) is 32.4 Å². The zero-order valence-corrected chi connectivity index (χ0v) is 22.1. The summed E-state index contributed by atoms with van der Waals surface area (Å²) in [5.41, 5.74) is 6.27. The number of hydrogen-bond acceptors (Lipinski definition) is 4. The van der Waals surface area contributed by atoms with Crippen LogP contribution in [0.5, 0.6) is 5.75 Å². The standard InChI is InChI=1S/C32H28ClFO4/c1-3-37-29(35)17-12-20-10-13-22(14-11-20)31(26-19-38-32-24(26)8-5-9-28(32)36-2)30(21-6-4-7-21)25-16-15-23(34)18-27(25)33/h5,8-19,21H,3-4,6-7H2,1-2H3/b17-12?,31-30+. The lowest BCUT2D eigenvalue weighted by atomic mass is 9.73. The minimum Gasteiger partial charge on any atom is -0.493 e. The maximum absolute atomic E-state index is 14.1. The molecule has 4 nitrogen and oxygen atoms in total. The van der Waals surface area contributed by atoms with Gasteiger partial charge >= 0.3 is 5.97 Å². The van der Waals surface area contributed by atoms with Gasteiger partial charge in [-0.3, -0.25) is 0 Å². The number of carbonyl (C=O) groups excluding carboxylic acids is 1. The van der Waals surface area contributed by atoms with Crippen molar-refractivity contribution in [2.75, 3.05) is 13.7 Å². The van der Waals surface area contributed by atoms with E-state index >= 15 is 0 Å². The number of methoxy groups -OCH3 is 1. The zero-order valence-electron chi connectivity index (χ0n) is 21.3. The number of benzene rings is 3. The first-order valence-electron chi connectivity index (χ1n) is 12.7. The Hall–Kier alpha value is -3.83. The summed E-state index contributed by atoms with van der Waals surface area (Å²) in [7, 11) is 1.62. The molecule has 38 heavy (non-hydrogen) atoms. The molecule has 4 aromatic rings. The van der Waals surface area contributed by atoms with Gasteiger partial charge in [-0.15, -0.1) is 0 Å². The summed E-state index contributed by atoms with van der Waals surface area (Å²) in [4.78, 5) is 11.8. The van der Waals surface area contributed by atoms with Crippen LogP contribution in [-0.4, -0.2) is 19.7 Å². The summed E-state index contributed by atoms with van der Waals surface area (Å²) in [6, 6.07) is 18.4. The van der Waals surface area contributed by atoms with Crippen LogP contribution in [0.3, 0.4) is 0 Å². The number of hydrogen-bond donors (Lipinski definition) is 0. The fourth-order valence-electron chi connectivity index (χ4n) is 4.92. The van der Waals surface area contributed by atoms with Crippen LogP contribution >= 0.6 is 11.6 Å². The Bertz CT molecular complexity index is 1530. The first-order valence-corrected chi connectivity index (χ1v) is 13.1. The molecule has 0 saturated heterocycles. The van der Waals surface area contributed by atoms with Gasteiger partial charge in [0.25, 0.3) is 0 Å². The summed E-state index contributed by atoms with van der Waals surface area (Å²) >= 11 is 6.66. The van der Waals surface area contributed by atoms with Crippen LogP contribution in [-0.2, 0) is 9.53 Å². The van der Waals surface area contributed by atoms with E-state index in [2.05, 4.69) is 0 Å². The van der Waals surface area contributed by atoms with Gasteiger partial charge in [0.2, 0.25) is 0 Å². The first-order chi connectivity index (χ1) is 18.5. The molecule has 1 fully saturated rings. The van der Waals surface area contributed by atoms with Crippen molar-refractivity contribution in [3.8, 4) is 5.75 Å². The number of ether oxygens (including phenoxy) is 2. The van der Waals surface area contributed by atoms with E-state index < -0.39 is 0 Å². The topological polar surface area (TPSA) is 48.7 Å². The largest absolute Gasteiger partial charge is 0.493 e. The maximum atomic E-state index is 14.1. The summed E-state index contributed by atoms with van der Waals surface area (Å²) in [6.45, 7) is 2.10. The lowest BCUT2D eigenvalue weighted by Crippen LogP contribution is -2.15. The summed E-state index contributed by atoms with van der Waals surface area (Å²) < 4.78 is 30.6. The Kier molecular flexibility index (Phi) is 7.66. The molecule has 1 aromatic heterocycles. The Morgan fingerprint density at radius 1 is 1.11 bits per heavy atom. The smallest absolute Gasteiger partial charge is 0.330 e. The predicted octanol–water partition coefficient (Wildman–Crippen LogP) is 8.57. The van der Waals surface area contributed by atoms with E-state index in [-0.39, 0.29) is 17.7 Å². The molecule has 0 unspecified atom stereocenters. The third kappa shape index (κ3) is 5.11. The molecule has 1 saturated carbocycles. The highest BCUT2D eigenvalue weighted by molar-refractivity contribution is 6.33. The second-order valence-corrected chi connectivity index (χ2v) is 9.64. The molecule has 0 amide bonds. The highest BCUT2D eigenvalue weighted by Gasteiger charge is 2.30. The van der Waals surface area contributed by atoms with Crippen molar-refractivity contribution in [1.29, 1.82) is 0 Å². The van der Waals surface area contributed by atoms with Crippen molar-refractivity contribution in [3.63, 3.8) is 0 Å². The number of fused-ring (bicyclic) bond motifs is 1. The molecule has 1 heterocycles. The summed E-state index contributed by atoms with van der Waals surface area (Å²) in [5.74, 6) is 0.170. The molecule has 1 aliphatic rings. The van der Waals surface area contributed by atoms with Crippen molar-refractivity contribution in [1.82, 2.24) is 0 Å². The average molecular weight is 531 g/mol. The SMILES string of the molecule is CCOC(=O)C=Cc1ccc(/C(=C(\c2ccc(F)cc2Cl)C2CCC2)c2coc3c(OC)cccc23)cc1. The fourth-order valence-corrected chi connectivity index (χ4v) is 5.19. The monoisotopic (exact) mass is 530 g/mol. The fraction of sp³-hybridized carbons (Fsp3) is 0.219. The molecular weight excluding hydrogens is 503 g/mol. The van der Waals surface area contributed by atoms with E-state index in [1.165, 1.54) is 18.2 Å². The van der Waals surface area contributed by atoms with Gasteiger partial charge in [0, 0.05) is 17.0 Å². The Labute approximate surface area is 226 Å². The van der Waals surface area contributed by atoms with Gasteiger partial charge in [0.05, 0.1) is 25.0 Å². The second-order valence-electron chi connectivity index (χ2n) is 9.23. The van der Waals surface area contributed by atoms with Crippen molar-refractivity contribution in [2.45, 2.75) is 26.2 Å². The summed E-state index contributed by atoms with van der Waals surface area (Å²) in [5, 5.41) is 1.30. The van der Waals surface area contributed by atoms with Crippen molar-refractivity contribution in [2.24, 2.45) is 5.92 Å². The zero-order chi connectivity index (χ0) is 26.6. The van der Waals surface area contributed by atoms with Gasteiger partial charge < -0.3 is 13.9 Å². The number of carbonyl (C=O) groups is 1. The van der Waals surface area contributed by atoms with Crippen LogP contribution in [0.4, 0.5) is 4.39 Å². The molecule has 0 radical (unpaired) electrons. The number of furan rings is 1. The number of para-hydroxylation sites is 1. The van der Waals surface area contributed by atoms with Gasteiger partial charge in [-0.05, 0) is 77.8 Å². The minimum atomic E-state index is -0.380. The predicted molar refractivity (Wildman–Crippen MR) is 150 cm³/mol. The highest BCUT2D eigenvalue weighted by atomic mass is 35.5. The average Bonchev–Trinajstić information content (AvgIpc) is 3.31. The molecular formula is C32H28ClFO4. The van der Waals surface area contributed by atoms with E-state index in [1.807, 2.05) is 42.5 Å². The molecule has 0 spiro atoms. The Morgan fingerprint density at radius 2 is 1.89 bits per heavy atom. The Morgan fingerprint density at radius 3 is 2.55 bits per heavy atom. The van der Waals surface area contributed by atoms with Crippen LogP contribution in [0.25, 0.3) is 28.2 Å². The lowest BCUT2D eigenvalue weighted by Gasteiger charge is -2.32. The van der Waals surface area contributed by atoms with Crippen molar-refractivity contribution >= 4 is 45.8 Å². The highest BCUT2D eigenvalue weighted by Crippen LogP contribution is 2.48. The van der Waals surface area contributed by atoms with Crippen LogP contribution in [0.15, 0.2) is 77.4 Å². The number of rotatable bonds is 8. The van der Waals surface area contributed by atoms with E-state index in [0.29, 0.717) is 23.0 Å². The molecule has 6 heteroatoms. The third-order valence-electron chi connectivity index (χ3n) is 6.95. The van der Waals surface area contributed by atoms with Crippen LogP contribution in [0.2, 0.25) is 5.02 Å². The Balaban J connectivity index is 1.73. The van der Waals surface area contributed by atoms with Crippen LogP contribution in [0, 0.1) is 11.7 Å².